The van der Waals surface area contributed by atoms with Crippen LogP contribution < -0.4 is 14.8 Å². The summed E-state index contributed by atoms with van der Waals surface area (Å²) in [4.78, 5) is 13.2. The Balaban J connectivity index is 1.58. The summed E-state index contributed by atoms with van der Waals surface area (Å²) in [6, 6.07) is 25.1. The van der Waals surface area contributed by atoms with Crippen LogP contribution in [0.5, 0.6) is 11.5 Å². The van der Waals surface area contributed by atoms with Gasteiger partial charge in [0.05, 0.1) is 38.2 Å². The highest BCUT2D eigenvalue weighted by Gasteiger charge is 2.33. The number of hydrazone groups is 1. The van der Waals surface area contributed by atoms with E-state index in [-0.39, 0.29) is 18.5 Å². The fourth-order valence-corrected chi connectivity index (χ4v) is 3.67. The van der Waals surface area contributed by atoms with Crippen molar-refractivity contribution >= 4 is 17.3 Å². The molecule has 158 valence electrons. The Kier molecular flexibility index (Phi) is 6.17. The molecular weight excluding hydrogens is 390 g/mol. The molecule has 6 heteroatoms. The molecule has 0 saturated carbocycles. The summed E-state index contributed by atoms with van der Waals surface area (Å²) in [6.45, 7) is 0.110. The summed E-state index contributed by atoms with van der Waals surface area (Å²) in [7, 11) is 3.25. The minimum Gasteiger partial charge on any atom is -0.497 e. The van der Waals surface area contributed by atoms with Gasteiger partial charge in [0.15, 0.2) is 0 Å². The van der Waals surface area contributed by atoms with Crippen molar-refractivity contribution in [1.29, 1.82) is 0 Å². The van der Waals surface area contributed by atoms with Gasteiger partial charge in [0.2, 0.25) is 0 Å². The molecule has 1 aliphatic heterocycles. The third-order valence-electron chi connectivity index (χ3n) is 5.31. The Morgan fingerprint density at radius 1 is 0.968 bits per heavy atom. The Morgan fingerprint density at radius 2 is 1.68 bits per heavy atom. The molecule has 6 nitrogen and oxygen atoms in total. The molecule has 1 heterocycles. The number of benzene rings is 3. The second-order valence-electron chi connectivity index (χ2n) is 7.20. The highest BCUT2D eigenvalue weighted by molar-refractivity contribution is 6.03. The Labute approximate surface area is 182 Å². The molecule has 0 aliphatic carbocycles. The second kappa shape index (κ2) is 9.34. The Morgan fingerprint density at radius 3 is 2.39 bits per heavy atom. The maximum absolute atomic E-state index is 13.2. The van der Waals surface area contributed by atoms with Gasteiger partial charge < -0.3 is 14.8 Å². The summed E-state index contributed by atoms with van der Waals surface area (Å²) >= 11 is 0. The van der Waals surface area contributed by atoms with Crippen LogP contribution in [0.25, 0.3) is 0 Å². The SMILES string of the molecule is COc1ccc(C2CC(c3ccccc3)=NN2C(=O)CNc2ccccc2OC)cc1. The van der Waals surface area contributed by atoms with Crippen molar-refractivity contribution in [2.45, 2.75) is 12.5 Å². The summed E-state index contributed by atoms with van der Waals surface area (Å²) in [6.07, 6.45) is 0.650. The molecular formula is C25H25N3O3. The molecule has 0 bridgehead atoms. The van der Waals surface area contributed by atoms with E-state index in [0.29, 0.717) is 12.2 Å². The number of nitrogens with one attached hydrogen (secondary N) is 1. The van der Waals surface area contributed by atoms with Gasteiger partial charge in [-0.3, -0.25) is 4.79 Å². The number of carbonyl (C=O) groups is 1. The molecule has 1 amide bonds. The van der Waals surface area contributed by atoms with Crippen LogP contribution in [-0.4, -0.2) is 37.4 Å². The van der Waals surface area contributed by atoms with Gasteiger partial charge in [-0.25, -0.2) is 5.01 Å². The normalized spacial score (nSPS) is 15.4. The standard InChI is InChI=1S/C25H25N3O3/c1-30-20-14-12-19(13-15-20)23-16-22(18-8-4-3-5-9-18)27-28(23)25(29)17-26-21-10-6-7-11-24(21)31-2/h3-15,23,26H,16-17H2,1-2H3. The molecule has 0 fully saturated rings. The lowest BCUT2D eigenvalue weighted by Crippen LogP contribution is -2.32. The third-order valence-corrected chi connectivity index (χ3v) is 5.31. The number of nitrogens with zero attached hydrogens (tertiary/aromatic N) is 2. The lowest BCUT2D eigenvalue weighted by molar-refractivity contribution is -0.131. The van der Waals surface area contributed by atoms with Gasteiger partial charge in [-0.1, -0.05) is 54.6 Å². The highest BCUT2D eigenvalue weighted by atomic mass is 16.5. The predicted molar refractivity (Wildman–Crippen MR) is 122 cm³/mol. The van der Waals surface area contributed by atoms with Crippen molar-refractivity contribution in [3.8, 4) is 11.5 Å². The number of hydrogen-bond donors (Lipinski definition) is 1. The molecule has 1 aliphatic rings. The Bertz CT molecular complexity index is 1060. The fraction of sp³-hybridized carbons (Fsp3) is 0.200. The molecule has 0 spiro atoms. The molecule has 1 N–H and O–H groups in total. The van der Waals surface area contributed by atoms with Crippen LogP contribution in [0.2, 0.25) is 0 Å². The number of hydrogen-bond acceptors (Lipinski definition) is 5. The maximum Gasteiger partial charge on any atom is 0.262 e. The minimum atomic E-state index is -0.173. The predicted octanol–water partition coefficient (Wildman–Crippen LogP) is 4.49. The van der Waals surface area contributed by atoms with Gasteiger partial charge in [0, 0.05) is 6.42 Å². The van der Waals surface area contributed by atoms with E-state index in [4.69, 9.17) is 14.6 Å². The Hall–Kier alpha value is -3.80. The number of methoxy groups -OCH3 is 2. The quantitative estimate of drug-likeness (QED) is 0.617. The number of carbonyl (C=O) groups excluding carboxylic acids is 1. The van der Waals surface area contributed by atoms with E-state index < -0.39 is 0 Å². The van der Waals surface area contributed by atoms with Crippen molar-refractivity contribution in [2.24, 2.45) is 5.10 Å². The van der Waals surface area contributed by atoms with Crippen LogP contribution in [0, 0.1) is 0 Å². The first-order valence-electron chi connectivity index (χ1n) is 10.2. The molecule has 4 rings (SSSR count). The van der Waals surface area contributed by atoms with Gasteiger partial charge >= 0.3 is 0 Å². The van der Waals surface area contributed by atoms with E-state index >= 15 is 0 Å². The smallest absolute Gasteiger partial charge is 0.262 e. The lowest BCUT2D eigenvalue weighted by Gasteiger charge is -2.23. The van der Waals surface area contributed by atoms with Crippen molar-refractivity contribution < 1.29 is 14.3 Å². The minimum absolute atomic E-state index is 0.110. The van der Waals surface area contributed by atoms with Crippen LogP contribution in [0.15, 0.2) is 84.0 Å². The van der Waals surface area contributed by atoms with Gasteiger partial charge in [-0.15, -0.1) is 0 Å². The van der Waals surface area contributed by atoms with Crippen LogP contribution in [0.3, 0.4) is 0 Å². The van der Waals surface area contributed by atoms with E-state index in [0.717, 1.165) is 28.3 Å². The highest BCUT2D eigenvalue weighted by Crippen LogP contribution is 2.34. The average molecular weight is 415 g/mol. The fourth-order valence-electron chi connectivity index (χ4n) is 3.67. The average Bonchev–Trinajstić information content (AvgIpc) is 3.29. The summed E-state index contributed by atoms with van der Waals surface area (Å²) in [5.41, 5.74) is 3.70. The first-order valence-corrected chi connectivity index (χ1v) is 10.2. The second-order valence-corrected chi connectivity index (χ2v) is 7.20. The summed E-state index contributed by atoms with van der Waals surface area (Å²) in [5.74, 6) is 1.36. The lowest BCUT2D eigenvalue weighted by atomic mass is 9.98. The van der Waals surface area contributed by atoms with Crippen LogP contribution in [-0.2, 0) is 4.79 Å². The number of rotatable bonds is 7. The van der Waals surface area contributed by atoms with Gasteiger partial charge in [0.25, 0.3) is 5.91 Å². The maximum atomic E-state index is 13.2. The van der Waals surface area contributed by atoms with Gasteiger partial charge in [-0.05, 0) is 35.4 Å². The molecule has 31 heavy (non-hydrogen) atoms. The molecule has 0 radical (unpaired) electrons. The van der Waals surface area contributed by atoms with Crippen molar-refractivity contribution in [3.05, 3.63) is 90.0 Å². The first kappa shape index (κ1) is 20.5. The van der Waals surface area contributed by atoms with E-state index in [1.54, 1.807) is 19.2 Å². The number of amides is 1. The van der Waals surface area contributed by atoms with Gasteiger partial charge in [0.1, 0.15) is 11.5 Å². The van der Waals surface area contributed by atoms with Gasteiger partial charge in [-0.2, -0.15) is 5.10 Å². The zero-order valence-corrected chi connectivity index (χ0v) is 17.6. The summed E-state index contributed by atoms with van der Waals surface area (Å²) in [5, 5.41) is 9.48. The largest absolute Gasteiger partial charge is 0.497 e. The summed E-state index contributed by atoms with van der Waals surface area (Å²) < 4.78 is 10.6. The van der Waals surface area contributed by atoms with Crippen LogP contribution in [0.1, 0.15) is 23.6 Å². The number of ether oxygens (including phenoxy) is 2. The zero-order chi connectivity index (χ0) is 21.6. The molecule has 3 aromatic rings. The van der Waals surface area contributed by atoms with E-state index in [1.165, 1.54) is 0 Å². The van der Waals surface area contributed by atoms with E-state index in [2.05, 4.69) is 5.32 Å². The monoisotopic (exact) mass is 415 g/mol. The number of anilines is 1. The molecule has 0 saturated heterocycles. The van der Waals surface area contributed by atoms with Crippen LogP contribution >= 0.6 is 0 Å². The van der Waals surface area contributed by atoms with Crippen LogP contribution in [0.4, 0.5) is 5.69 Å². The molecule has 1 atom stereocenters. The third kappa shape index (κ3) is 4.53. The van der Waals surface area contributed by atoms with E-state index in [1.807, 2.05) is 78.9 Å². The van der Waals surface area contributed by atoms with Crippen molar-refractivity contribution in [2.75, 3.05) is 26.1 Å². The number of para-hydroxylation sites is 2. The van der Waals surface area contributed by atoms with E-state index in [9.17, 15) is 4.79 Å². The molecule has 3 aromatic carbocycles. The molecule has 1 unspecified atom stereocenters. The van der Waals surface area contributed by atoms with Crippen molar-refractivity contribution in [3.63, 3.8) is 0 Å². The molecule has 0 aromatic heterocycles. The first-order chi connectivity index (χ1) is 15.2. The van der Waals surface area contributed by atoms with Crippen molar-refractivity contribution in [1.82, 2.24) is 5.01 Å². The topological polar surface area (TPSA) is 63.2 Å². The zero-order valence-electron chi connectivity index (χ0n) is 17.6.